The molecule has 1 aromatic carbocycles. The number of benzene rings is 1. The highest BCUT2D eigenvalue weighted by molar-refractivity contribution is 6.21. The molecule has 2 unspecified atom stereocenters. The molecule has 1 aliphatic rings. The van der Waals surface area contributed by atoms with Crippen LogP contribution < -0.4 is 9.47 Å². The average Bonchev–Trinajstić information content (AvgIpc) is 2.85. The topological polar surface area (TPSA) is 27.7 Å². The quantitative estimate of drug-likeness (QED) is 0.783. The predicted octanol–water partition coefficient (Wildman–Crippen LogP) is 3.55. The van der Waals surface area contributed by atoms with E-state index in [1.807, 2.05) is 18.2 Å². The van der Waals surface area contributed by atoms with Gasteiger partial charge in [-0.25, -0.2) is 0 Å². The van der Waals surface area contributed by atoms with Crippen LogP contribution >= 0.6 is 11.6 Å². The maximum atomic E-state index is 6.59. The molecule has 4 heteroatoms. The normalized spacial score (nSPS) is 24.9. The molecule has 0 N–H and O–H groups in total. The second-order valence-corrected chi connectivity index (χ2v) is 5.17. The zero-order valence-corrected chi connectivity index (χ0v) is 11.8. The van der Waals surface area contributed by atoms with Crippen molar-refractivity contribution in [3.8, 4) is 11.5 Å². The maximum absolute atomic E-state index is 6.59. The van der Waals surface area contributed by atoms with Crippen LogP contribution in [0.15, 0.2) is 18.2 Å². The highest BCUT2D eigenvalue weighted by Gasteiger charge is 2.39. The lowest BCUT2D eigenvalue weighted by atomic mass is 9.92. The fourth-order valence-electron chi connectivity index (χ4n) is 2.36. The summed E-state index contributed by atoms with van der Waals surface area (Å²) in [7, 11) is 3.27. The molecule has 0 spiro atoms. The first-order valence-electron chi connectivity index (χ1n) is 6.10. The van der Waals surface area contributed by atoms with Crippen LogP contribution in [0.25, 0.3) is 0 Å². The van der Waals surface area contributed by atoms with Gasteiger partial charge in [0.1, 0.15) is 11.5 Å². The van der Waals surface area contributed by atoms with Crippen molar-refractivity contribution in [2.24, 2.45) is 0 Å². The number of hydrogen-bond acceptors (Lipinski definition) is 3. The number of rotatable bonds is 4. The van der Waals surface area contributed by atoms with Crippen molar-refractivity contribution in [3.63, 3.8) is 0 Å². The lowest BCUT2D eigenvalue weighted by Crippen LogP contribution is -2.29. The Balaban J connectivity index is 2.32. The van der Waals surface area contributed by atoms with Crippen LogP contribution in [0, 0.1) is 0 Å². The molecular formula is C14H19ClO3. The Morgan fingerprint density at radius 2 is 2.11 bits per heavy atom. The third kappa shape index (κ3) is 2.43. The summed E-state index contributed by atoms with van der Waals surface area (Å²) >= 11 is 6.59. The van der Waals surface area contributed by atoms with Gasteiger partial charge in [-0.1, -0.05) is 6.07 Å². The van der Waals surface area contributed by atoms with Gasteiger partial charge in [-0.2, -0.15) is 0 Å². The van der Waals surface area contributed by atoms with Crippen molar-refractivity contribution in [1.29, 1.82) is 0 Å². The van der Waals surface area contributed by atoms with E-state index < -0.39 is 0 Å². The molecule has 1 fully saturated rings. The first kappa shape index (κ1) is 13.5. The Morgan fingerprint density at radius 1 is 1.33 bits per heavy atom. The van der Waals surface area contributed by atoms with E-state index in [-0.39, 0.29) is 11.0 Å². The van der Waals surface area contributed by atoms with Crippen molar-refractivity contribution in [3.05, 3.63) is 23.8 Å². The minimum Gasteiger partial charge on any atom is -0.497 e. The second kappa shape index (κ2) is 5.37. The minimum absolute atomic E-state index is 0.221. The summed E-state index contributed by atoms with van der Waals surface area (Å²) in [5.74, 6) is 1.50. The highest BCUT2D eigenvalue weighted by atomic mass is 35.5. The molecule has 18 heavy (non-hydrogen) atoms. The molecule has 0 aliphatic carbocycles. The van der Waals surface area contributed by atoms with Crippen molar-refractivity contribution >= 4 is 11.6 Å². The molecule has 0 bridgehead atoms. The molecule has 2 rings (SSSR count). The van der Waals surface area contributed by atoms with E-state index in [1.165, 1.54) is 0 Å². The van der Waals surface area contributed by atoms with E-state index in [0.29, 0.717) is 0 Å². The Kier molecular flexibility index (Phi) is 4.03. The number of hydrogen-bond donors (Lipinski definition) is 0. The van der Waals surface area contributed by atoms with Crippen LogP contribution in [-0.2, 0) is 4.74 Å². The minimum atomic E-state index is -0.316. The largest absolute Gasteiger partial charge is 0.497 e. The van der Waals surface area contributed by atoms with Crippen LogP contribution in [0.2, 0.25) is 0 Å². The van der Waals surface area contributed by atoms with Gasteiger partial charge in [0.25, 0.3) is 0 Å². The van der Waals surface area contributed by atoms with Gasteiger partial charge in [0.05, 0.1) is 25.2 Å². The Hall–Kier alpha value is -0.930. The summed E-state index contributed by atoms with van der Waals surface area (Å²) in [6, 6.07) is 5.69. The molecule has 3 nitrogen and oxygen atoms in total. The van der Waals surface area contributed by atoms with Crippen LogP contribution in [0.3, 0.4) is 0 Å². The lowest BCUT2D eigenvalue weighted by Gasteiger charge is -2.30. The fraction of sp³-hybridized carbons (Fsp3) is 0.571. The number of halogens is 1. The monoisotopic (exact) mass is 270 g/mol. The Labute approximate surface area is 113 Å². The van der Waals surface area contributed by atoms with E-state index in [9.17, 15) is 0 Å². The number of alkyl halides is 1. The molecule has 0 amide bonds. The first-order chi connectivity index (χ1) is 8.60. The van der Waals surface area contributed by atoms with E-state index >= 15 is 0 Å². The summed E-state index contributed by atoms with van der Waals surface area (Å²) in [6.45, 7) is 2.83. The Bertz CT molecular complexity index is 414. The molecule has 0 radical (unpaired) electrons. The van der Waals surface area contributed by atoms with Crippen molar-refractivity contribution < 1.29 is 14.2 Å². The third-order valence-electron chi connectivity index (χ3n) is 3.50. The summed E-state index contributed by atoms with van der Waals surface area (Å²) in [6.07, 6.45) is 2.02. The van der Waals surface area contributed by atoms with Crippen LogP contribution in [0.5, 0.6) is 11.5 Å². The molecule has 2 atom stereocenters. The highest BCUT2D eigenvalue weighted by Crippen LogP contribution is 2.45. The predicted molar refractivity (Wildman–Crippen MR) is 71.7 cm³/mol. The van der Waals surface area contributed by atoms with Crippen LogP contribution in [0.1, 0.15) is 30.7 Å². The van der Waals surface area contributed by atoms with E-state index in [1.54, 1.807) is 14.2 Å². The second-order valence-electron chi connectivity index (χ2n) is 4.74. The van der Waals surface area contributed by atoms with Crippen molar-refractivity contribution in [2.75, 3.05) is 20.8 Å². The van der Waals surface area contributed by atoms with Crippen molar-refractivity contribution in [2.45, 2.75) is 30.7 Å². The zero-order chi connectivity index (χ0) is 13.2. The summed E-state index contributed by atoms with van der Waals surface area (Å²) in [5, 5.41) is -0.221. The summed E-state index contributed by atoms with van der Waals surface area (Å²) in [5.41, 5.74) is 0.632. The summed E-state index contributed by atoms with van der Waals surface area (Å²) in [4.78, 5) is 0. The van der Waals surface area contributed by atoms with Crippen molar-refractivity contribution in [1.82, 2.24) is 0 Å². The van der Waals surface area contributed by atoms with Gasteiger partial charge in [-0.05, 0) is 25.8 Å². The Morgan fingerprint density at radius 3 is 2.67 bits per heavy atom. The first-order valence-corrected chi connectivity index (χ1v) is 6.54. The molecule has 1 aromatic rings. The van der Waals surface area contributed by atoms with Gasteiger partial charge in [0, 0.05) is 18.2 Å². The SMILES string of the molecule is COc1ccc(C(Cl)C2(C)CCCO2)c(OC)c1. The molecule has 1 saturated heterocycles. The van der Waals surface area contributed by atoms with Gasteiger partial charge in [-0.15, -0.1) is 11.6 Å². The van der Waals surface area contributed by atoms with E-state index in [4.69, 9.17) is 25.8 Å². The smallest absolute Gasteiger partial charge is 0.127 e. The van der Waals surface area contributed by atoms with Gasteiger partial charge in [0.15, 0.2) is 0 Å². The van der Waals surface area contributed by atoms with Gasteiger partial charge in [0.2, 0.25) is 0 Å². The average molecular weight is 271 g/mol. The van der Waals surface area contributed by atoms with Crippen LogP contribution in [-0.4, -0.2) is 26.4 Å². The van der Waals surface area contributed by atoms with E-state index in [2.05, 4.69) is 6.92 Å². The fourth-order valence-corrected chi connectivity index (χ4v) is 2.71. The zero-order valence-electron chi connectivity index (χ0n) is 11.0. The van der Waals surface area contributed by atoms with E-state index in [0.717, 1.165) is 36.5 Å². The van der Waals surface area contributed by atoms with Gasteiger partial charge >= 0.3 is 0 Å². The summed E-state index contributed by atoms with van der Waals surface area (Å²) < 4.78 is 16.4. The maximum Gasteiger partial charge on any atom is 0.127 e. The molecule has 1 aliphatic heterocycles. The molecular weight excluding hydrogens is 252 g/mol. The molecule has 0 saturated carbocycles. The standard InChI is InChI=1S/C14H19ClO3/c1-14(7-4-8-18-14)13(15)11-6-5-10(16-2)9-12(11)17-3/h5-6,9,13H,4,7-8H2,1-3H3. The van der Waals surface area contributed by atoms with Gasteiger partial charge < -0.3 is 14.2 Å². The molecule has 0 aromatic heterocycles. The van der Waals surface area contributed by atoms with Gasteiger partial charge in [-0.3, -0.25) is 0 Å². The van der Waals surface area contributed by atoms with Crippen LogP contribution in [0.4, 0.5) is 0 Å². The third-order valence-corrected chi connectivity index (χ3v) is 4.20. The lowest BCUT2D eigenvalue weighted by molar-refractivity contribution is 0.0159. The molecule has 100 valence electrons. The molecule has 1 heterocycles. The number of methoxy groups -OCH3 is 2. The number of ether oxygens (including phenoxy) is 3.